The Labute approximate surface area is 118 Å². The van der Waals surface area contributed by atoms with E-state index >= 15 is 0 Å². The Hall–Kier alpha value is -0.480. The van der Waals surface area contributed by atoms with Crippen LogP contribution in [0.5, 0.6) is 0 Å². The minimum atomic E-state index is 0.116. The highest BCUT2D eigenvalue weighted by Crippen LogP contribution is 2.30. The van der Waals surface area contributed by atoms with E-state index in [4.69, 9.17) is 0 Å². The molecule has 0 saturated heterocycles. The molecule has 1 heterocycles. The number of aryl methyl sites for hydroxylation is 2. The summed E-state index contributed by atoms with van der Waals surface area (Å²) >= 11 is 3.68. The minimum absolute atomic E-state index is 0.116. The van der Waals surface area contributed by atoms with Gasteiger partial charge in [0, 0.05) is 21.0 Å². The van der Waals surface area contributed by atoms with Crippen molar-refractivity contribution in [1.82, 2.24) is 5.32 Å². The third-order valence-corrected chi connectivity index (χ3v) is 5.73. The van der Waals surface area contributed by atoms with Crippen molar-refractivity contribution in [2.75, 3.05) is 5.75 Å². The van der Waals surface area contributed by atoms with Gasteiger partial charge in [0.2, 0.25) is 0 Å². The fourth-order valence-electron chi connectivity index (χ4n) is 2.61. The first-order valence-corrected chi connectivity index (χ1v) is 8.47. The first-order chi connectivity index (χ1) is 8.61. The van der Waals surface area contributed by atoms with Gasteiger partial charge < -0.3 is 5.32 Å². The summed E-state index contributed by atoms with van der Waals surface area (Å²) in [5.41, 5.74) is 0.865. The van der Waals surface area contributed by atoms with Crippen LogP contribution in [-0.2, 0) is 0 Å². The zero-order valence-corrected chi connectivity index (χ0v) is 12.9. The van der Waals surface area contributed by atoms with Gasteiger partial charge >= 0.3 is 0 Å². The Morgan fingerprint density at radius 2 is 2.28 bits per heavy atom. The lowest BCUT2D eigenvalue weighted by Crippen LogP contribution is -2.38. The average molecular weight is 283 g/mol. The van der Waals surface area contributed by atoms with Gasteiger partial charge in [0.05, 0.1) is 5.56 Å². The molecular formula is C14H21NOS2. The lowest BCUT2D eigenvalue weighted by molar-refractivity contribution is 0.0938. The van der Waals surface area contributed by atoms with Crippen LogP contribution in [0.25, 0.3) is 0 Å². The molecule has 1 aromatic rings. The zero-order chi connectivity index (χ0) is 13.1. The van der Waals surface area contributed by atoms with Gasteiger partial charge in [0.25, 0.3) is 5.91 Å². The van der Waals surface area contributed by atoms with Gasteiger partial charge in [-0.1, -0.05) is 13.3 Å². The van der Waals surface area contributed by atoms with Gasteiger partial charge in [-0.25, -0.2) is 0 Å². The van der Waals surface area contributed by atoms with E-state index in [-0.39, 0.29) is 5.91 Å². The fourth-order valence-corrected chi connectivity index (χ4v) is 4.73. The average Bonchev–Trinajstić information content (AvgIpc) is 2.87. The van der Waals surface area contributed by atoms with E-state index in [1.807, 2.05) is 24.8 Å². The molecule has 0 unspecified atom stereocenters. The quantitative estimate of drug-likeness (QED) is 0.911. The van der Waals surface area contributed by atoms with E-state index in [9.17, 15) is 4.79 Å². The summed E-state index contributed by atoms with van der Waals surface area (Å²) in [5, 5.41) is 3.84. The second kappa shape index (κ2) is 6.11. The molecule has 100 valence electrons. The normalized spacial score (nSPS) is 23.3. The van der Waals surface area contributed by atoms with Gasteiger partial charge in [0.15, 0.2) is 0 Å². The van der Waals surface area contributed by atoms with Crippen LogP contribution < -0.4 is 5.32 Å². The Kier molecular flexibility index (Phi) is 4.73. The first-order valence-electron chi connectivity index (χ1n) is 6.61. The van der Waals surface area contributed by atoms with E-state index in [0.717, 1.165) is 22.6 Å². The first kappa shape index (κ1) is 13.9. The van der Waals surface area contributed by atoms with E-state index in [1.165, 1.54) is 17.7 Å². The van der Waals surface area contributed by atoms with Crippen LogP contribution in [0.2, 0.25) is 0 Å². The van der Waals surface area contributed by atoms with Gasteiger partial charge in [-0.15, -0.1) is 11.3 Å². The molecule has 0 spiro atoms. The van der Waals surface area contributed by atoms with E-state index in [2.05, 4.69) is 19.2 Å². The molecule has 0 aliphatic heterocycles. The maximum absolute atomic E-state index is 12.3. The number of thiophene rings is 1. The van der Waals surface area contributed by atoms with Crippen molar-refractivity contribution < 1.29 is 4.79 Å². The fraction of sp³-hybridized carbons (Fsp3) is 0.643. The Morgan fingerprint density at radius 3 is 2.89 bits per heavy atom. The number of hydrogen-bond acceptors (Lipinski definition) is 3. The summed E-state index contributed by atoms with van der Waals surface area (Å²) in [4.78, 5) is 14.6. The van der Waals surface area contributed by atoms with Crippen LogP contribution in [-0.4, -0.2) is 23.0 Å². The second-order valence-corrected chi connectivity index (χ2v) is 7.81. The molecule has 1 aliphatic rings. The third kappa shape index (κ3) is 3.09. The molecule has 1 fully saturated rings. The largest absolute Gasteiger partial charge is 0.348 e. The molecule has 0 bridgehead atoms. The van der Waals surface area contributed by atoms with Crippen LogP contribution in [0, 0.1) is 13.8 Å². The number of carbonyl (C=O) groups excluding carboxylic acids is 1. The molecular weight excluding hydrogens is 262 g/mol. The third-order valence-electron chi connectivity index (χ3n) is 3.44. The van der Waals surface area contributed by atoms with Crippen molar-refractivity contribution in [3.8, 4) is 0 Å². The topological polar surface area (TPSA) is 29.1 Å². The smallest absolute Gasteiger partial charge is 0.252 e. The molecule has 1 amide bonds. The van der Waals surface area contributed by atoms with Crippen molar-refractivity contribution in [1.29, 1.82) is 0 Å². The predicted octanol–water partition coefficient (Wildman–Crippen LogP) is 3.77. The summed E-state index contributed by atoms with van der Waals surface area (Å²) in [6.07, 6.45) is 3.61. The molecule has 0 radical (unpaired) electrons. The lowest BCUT2D eigenvalue weighted by Gasteiger charge is -2.20. The van der Waals surface area contributed by atoms with Crippen LogP contribution in [0.1, 0.15) is 46.3 Å². The highest BCUT2D eigenvalue weighted by atomic mass is 32.2. The summed E-state index contributed by atoms with van der Waals surface area (Å²) in [5.74, 6) is 1.25. The van der Waals surface area contributed by atoms with Crippen LogP contribution >= 0.6 is 23.1 Å². The number of hydrogen-bond donors (Lipinski definition) is 1. The molecule has 2 rings (SSSR count). The molecule has 1 N–H and O–H groups in total. The second-order valence-electron chi connectivity index (χ2n) is 4.83. The van der Waals surface area contributed by atoms with Gasteiger partial charge in [0.1, 0.15) is 0 Å². The molecule has 4 heteroatoms. The van der Waals surface area contributed by atoms with E-state index < -0.39 is 0 Å². The van der Waals surface area contributed by atoms with Crippen LogP contribution in [0.4, 0.5) is 0 Å². The number of amides is 1. The van der Waals surface area contributed by atoms with Crippen molar-refractivity contribution in [3.63, 3.8) is 0 Å². The monoisotopic (exact) mass is 283 g/mol. The summed E-state index contributed by atoms with van der Waals surface area (Å²) in [7, 11) is 0. The Bertz CT molecular complexity index is 427. The maximum atomic E-state index is 12.3. The van der Waals surface area contributed by atoms with Gasteiger partial charge in [-0.2, -0.15) is 11.8 Å². The zero-order valence-electron chi connectivity index (χ0n) is 11.3. The molecule has 18 heavy (non-hydrogen) atoms. The minimum Gasteiger partial charge on any atom is -0.348 e. The summed E-state index contributed by atoms with van der Waals surface area (Å²) in [6.45, 7) is 6.27. The van der Waals surface area contributed by atoms with Crippen molar-refractivity contribution in [2.45, 2.75) is 51.3 Å². The van der Waals surface area contributed by atoms with Crippen molar-refractivity contribution in [2.24, 2.45) is 0 Å². The highest BCUT2D eigenvalue weighted by molar-refractivity contribution is 7.99. The number of thioether (sulfide) groups is 1. The van der Waals surface area contributed by atoms with Crippen LogP contribution in [0.15, 0.2) is 6.07 Å². The standard InChI is InChI=1S/C14H21NOS2/c1-4-17-13-7-5-6-12(13)15-14(16)11-8-9(2)18-10(11)3/h8,12-13H,4-7H2,1-3H3,(H,15,16)/t12-,13-/m0/s1. The van der Waals surface area contributed by atoms with Crippen molar-refractivity contribution >= 4 is 29.0 Å². The highest BCUT2D eigenvalue weighted by Gasteiger charge is 2.29. The SMILES string of the molecule is CCS[C@H]1CCC[C@@H]1NC(=O)c1cc(C)sc1C. The van der Waals surface area contributed by atoms with E-state index in [0.29, 0.717) is 11.3 Å². The Balaban J connectivity index is 2.00. The summed E-state index contributed by atoms with van der Waals surface area (Å²) < 4.78 is 0. The maximum Gasteiger partial charge on any atom is 0.252 e. The lowest BCUT2D eigenvalue weighted by atomic mass is 10.2. The number of rotatable bonds is 4. The van der Waals surface area contributed by atoms with Gasteiger partial charge in [-0.05, 0) is 38.5 Å². The summed E-state index contributed by atoms with van der Waals surface area (Å²) in [6, 6.07) is 2.37. The molecule has 1 aliphatic carbocycles. The van der Waals surface area contributed by atoms with Crippen LogP contribution in [0.3, 0.4) is 0 Å². The molecule has 1 aromatic heterocycles. The molecule has 1 saturated carbocycles. The Morgan fingerprint density at radius 1 is 1.50 bits per heavy atom. The predicted molar refractivity (Wildman–Crippen MR) is 80.8 cm³/mol. The number of carbonyl (C=O) groups is 1. The molecule has 2 nitrogen and oxygen atoms in total. The number of nitrogens with one attached hydrogen (secondary N) is 1. The van der Waals surface area contributed by atoms with Crippen molar-refractivity contribution in [3.05, 3.63) is 21.4 Å². The van der Waals surface area contributed by atoms with E-state index in [1.54, 1.807) is 11.3 Å². The molecule has 2 atom stereocenters. The van der Waals surface area contributed by atoms with Gasteiger partial charge in [-0.3, -0.25) is 4.79 Å². The molecule has 0 aromatic carbocycles.